The highest BCUT2D eigenvalue weighted by atomic mass is 32.1. The molecule has 2 atom stereocenters. The van der Waals surface area contributed by atoms with E-state index >= 15 is 0 Å². The Bertz CT molecular complexity index is 2170. The molecule has 3 aromatic rings. The summed E-state index contributed by atoms with van der Waals surface area (Å²) in [5.74, 6) is -0.398. The van der Waals surface area contributed by atoms with Crippen LogP contribution in [0.1, 0.15) is 74.8 Å². The summed E-state index contributed by atoms with van der Waals surface area (Å²) in [4.78, 5) is 58.1. The summed E-state index contributed by atoms with van der Waals surface area (Å²) >= 11 is 5.73. The monoisotopic (exact) mass is 830 g/mol. The lowest BCUT2D eigenvalue weighted by atomic mass is 9.90. The molecule has 3 fully saturated rings. The zero-order valence-corrected chi connectivity index (χ0v) is 34.5. The number of hydrogen-bond acceptors (Lipinski definition) is 9. The molecule has 3 saturated heterocycles. The van der Waals surface area contributed by atoms with E-state index < -0.39 is 28.7 Å². The van der Waals surface area contributed by atoms with Gasteiger partial charge in [0.25, 0.3) is 5.91 Å². The summed E-state index contributed by atoms with van der Waals surface area (Å²) in [5.41, 5.74) is 0.398. The molecule has 0 spiro atoms. The number of ketones is 1. The zero-order valence-electron chi connectivity index (χ0n) is 33.7. The lowest BCUT2D eigenvalue weighted by molar-refractivity contribution is -0.138. The number of imide groups is 1. The quantitative estimate of drug-likeness (QED) is 0.148. The number of anilines is 2. The molecule has 1 N–H and O–H groups in total. The molecule has 59 heavy (non-hydrogen) atoms. The van der Waals surface area contributed by atoms with Crippen LogP contribution in [-0.4, -0.2) is 89.3 Å². The van der Waals surface area contributed by atoms with E-state index in [2.05, 4.69) is 22.0 Å². The zero-order chi connectivity index (χ0) is 42.6. The molecule has 3 amide bonds. The summed E-state index contributed by atoms with van der Waals surface area (Å²) in [6, 6.07) is 18.2. The number of hydrogen-bond donors (Lipinski definition) is 1. The lowest BCUT2D eigenvalue weighted by Crippen LogP contribution is -2.54. The van der Waals surface area contributed by atoms with Crippen LogP contribution in [0.2, 0.25) is 0 Å². The maximum atomic E-state index is 13.8. The molecule has 0 aromatic heterocycles. The molecule has 6 rings (SSSR count). The van der Waals surface area contributed by atoms with Crippen LogP contribution >= 0.6 is 12.2 Å². The molecule has 0 bridgehead atoms. The van der Waals surface area contributed by atoms with Crippen molar-refractivity contribution in [2.45, 2.75) is 84.0 Å². The normalized spacial score (nSPS) is 20.2. The summed E-state index contributed by atoms with van der Waals surface area (Å²) in [6.45, 7) is 11.2. The number of carbonyl (C=O) groups is 4. The number of aryl methyl sites for hydroxylation is 1. The van der Waals surface area contributed by atoms with Crippen molar-refractivity contribution < 1.29 is 37.1 Å². The van der Waals surface area contributed by atoms with Gasteiger partial charge in [-0.1, -0.05) is 38.1 Å². The number of nitrogens with zero attached hydrogens (tertiary/aromatic N) is 5. The van der Waals surface area contributed by atoms with Crippen molar-refractivity contribution in [3.05, 3.63) is 88.5 Å². The summed E-state index contributed by atoms with van der Waals surface area (Å²) in [7, 11) is 0. The van der Waals surface area contributed by atoms with Gasteiger partial charge in [-0.25, -0.2) is 0 Å². The fraction of sp³-hybridized carbons (Fsp3) is 0.455. The van der Waals surface area contributed by atoms with Crippen LogP contribution in [0.5, 0.6) is 5.75 Å². The van der Waals surface area contributed by atoms with Crippen molar-refractivity contribution in [2.24, 2.45) is 5.92 Å². The highest BCUT2D eigenvalue weighted by molar-refractivity contribution is 7.81. The summed E-state index contributed by atoms with van der Waals surface area (Å²) in [5, 5.41) is 11.7. The van der Waals surface area contributed by atoms with E-state index in [-0.39, 0.29) is 40.4 Å². The fourth-order valence-corrected chi connectivity index (χ4v) is 8.74. The van der Waals surface area contributed by atoms with Crippen LogP contribution in [-0.2, 0) is 44.6 Å². The van der Waals surface area contributed by atoms with E-state index in [0.717, 1.165) is 59.8 Å². The number of carbonyl (C=O) groups excluding carboxylic acids is 4. The molecular weight excluding hydrogens is 782 g/mol. The molecule has 0 saturated carbocycles. The Hall–Kier alpha value is -5.17. The number of amides is 3. The van der Waals surface area contributed by atoms with E-state index in [9.17, 15) is 37.6 Å². The van der Waals surface area contributed by atoms with Gasteiger partial charge in [-0.15, -0.1) is 0 Å². The first-order valence-electron chi connectivity index (χ1n) is 20.0. The van der Waals surface area contributed by atoms with Crippen molar-refractivity contribution in [2.75, 3.05) is 49.1 Å². The van der Waals surface area contributed by atoms with E-state index in [1.165, 1.54) is 6.07 Å². The third kappa shape index (κ3) is 9.67. The van der Waals surface area contributed by atoms with E-state index in [0.29, 0.717) is 63.2 Å². The largest absolute Gasteiger partial charge is 0.492 e. The Kier molecular flexibility index (Phi) is 13.2. The van der Waals surface area contributed by atoms with Gasteiger partial charge < -0.3 is 9.64 Å². The Morgan fingerprint density at radius 3 is 2.46 bits per heavy atom. The van der Waals surface area contributed by atoms with Gasteiger partial charge in [-0.2, -0.15) is 18.4 Å². The second-order valence-corrected chi connectivity index (χ2v) is 16.2. The fourth-order valence-electron chi connectivity index (χ4n) is 8.22. The highest BCUT2D eigenvalue weighted by Crippen LogP contribution is 2.40. The summed E-state index contributed by atoms with van der Waals surface area (Å²) in [6.07, 6.45) is -1.59. The van der Waals surface area contributed by atoms with Crippen LogP contribution < -0.4 is 19.9 Å². The minimum Gasteiger partial charge on any atom is -0.492 e. The number of halogens is 3. The average molecular weight is 831 g/mol. The highest BCUT2D eigenvalue weighted by Gasteiger charge is 2.51. The van der Waals surface area contributed by atoms with Crippen LogP contribution in [0.15, 0.2) is 60.7 Å². The predicted molar refractivity (Wildman–Crippen MR) is 221 cm³/mol. The first-order valence-corrected chi connectivity index (χ1v) is 20.4. The smallest absolute Gasteiger partial charge is 0.417 e. The van der Waals surface area contributed by atoms with E-state index in [1.54, 1.807) is 30.9 Å². The second kappa shape index (κ2) is 18.0. The number of nitriles is 1. The Morgan fingerprint density at radius 2 is 1.76 bits per heavy atom. The van der Waals surface area contributed by atoms with Crippen molar-refractivity contribution in [1.29, 1.82) is 5.26 Å². The number of Topliss-reactive ketones (excluding diaryl/α,β-unsaturated/α-hetero) is 1. The molecule has 3 aliphatic heterocycles. The third-order valence-electron chi connectivity index (χ3n) is 11.5. The number of thiocarbonyl (C=S) groups is 1. The van der Waals surface area contributed by atoms with Gasteiger partial charge in [0.15, 0.2) is 10.9 Å². The van der Waals surface area contributed by atoms with Crippen molar-refractivity contribution >= 4 is 52.2 Å². The van der Waals surface area contributed by atoms with Crippen LogP contribution in [0.3, 0.4) is 0 Å². The number of benzene rings is 3. The topological polar surface area (TPSA) is 126 Å². The number of alkyl halides is 3. The first kappa shape index (κ1) is 43.4. The number of ether oxygens (including phenoxy) is 1. The molecule has 1 unspecified atom stereocenters. The maximum absolute atomic E-state index is 13.8. The molecule has 3 heterocycles. The Balaban J connectivity index is 1.03. The Morgan fingerprint density at radius 1 is 1.02 bits per heavy atom. The van der Waals surface area contributed by atoms with Crippen molar-refractivity contribution in [3.63, 3.8) is 0 Å². The average Bonchev–Trinajstić information content (AvgIpc) is 3.37. The Labute approximate surface area is 348 Å². The molecular formula is C44H49F3N6O5S. The molecule has 3 aliphatic rings. The molecule has 312 valence electrons. The molecule has 0 radical (unpaired) electrons. The van der Waals surface area contributed by atoms with Gasteiger partial charge in [-0.3, -0.25) is 39.2 Å². The van der Waals surface area contributed by atoms with Gasteiger partial charge in [0.2, 0.25) is 11.8 Å². The van der Waals surface area contributed by atoms with Crippen LogP contribution in [0.25, 0.3) is 0 Å². The molecule has 3 aromatic carbocycles. The van der Waals surface area contributed by atoms with Gasteiger partial charge >= 0.3 is 6.18 Å². The maximum Gasteiger partial charge on any atom is 0.417 e. The minimum atomic E-state index is -4.79. The van der Waals surface area contributed by atoms with Gasteiger partial charge in [0.05, 0.1) is 29.4 Å². The van der Waals surface area contributed by atoms with Crippen LogP contribution in [0.4, 0.5) is 24.5 Å². The van der Waals surface area contributed by atoms with Gasteiger partial charge in [0, 0.05) is 56.7 Å². The molecule has 11 nitrogen and oxygen atoms in total. The number of nitrogens with one attached hydrogen (secondary N) is 1. The second-order valence-electron chi connectivity index (χ2n) is 15.9. The minimum absolute atomic E-state index is 0.0242. The van der Waals surface area contributed by atoms with Crippen molar-refractivity contribution in [1.82, 2.24) is 15.1 Å². The lowest BCUT2D eigenvalue weighted by Gasteiger charge is -2.40. The van der Waals surface area contributed by atoms with Gasteiger partial charge in [-0.05, 0) is 105 Å². The van der Waals surface area contributed by atoms with E-state index in [4.69, 9.17) is 17.0 Å². The molecule has 0 aliphatic carbocycles. The standard InChI is InChI=1S/C44H49F3N6O5S/c1-5-30-23-35(53-42(59)52(41(57)43(53,3)4)34-12-10-32(25-48)37(24-34)44(45,46)47)13-14-38(30)58-19-18-50-16-17-51(33(6-2)26-50)27-36(54)22-29-9-7-8-28(20-29)21-31-11-15-39(55)49-40(31)56/h7-10,12-14,20,23-24,31,33H,5-6,11,15-19,21-22,26-27H2,1-4H3,(H,49,55,56)/t31?,33-/m1/s1. The number of rotatable bonds is 14. The SMILES string of the molecule is CCc1cc(N2C(=S)N(c3ccc(C#N)c(C(F)(F)F)c3)C(=O)C2(C)C)ccc1OCCN1CCN(CC(=O)Cc2cccc(CC3CCC(=O)NC3=O)c2)[C@H](CC)C1. The predicted octanol–water partition coefficient (Wildman–Crippen LogP) is 6.24. The van der Waals surface area contributed by atoms with Gasteiger partial charge in [0.1, 0.15) is 17.9 Å². The third-order valence-corrected chi connectivity index (χ3v) is 11.8. The van der Waals surface area contributed by atoms with E-state index in [1.807, 2.05) is 43.3 Å². The van der Waals surface area contributed by atoms with Crippen LogP contribution in [0, 0.1) is 17.2 Å². The molecule has 15 heteroatoms. The first-order chi connectivity index (χ1) is 28.0. The summed E-state index contributed by atoms with van der Waals surface area (Å²) < 4.78 is 47.7. The number of piperidine rings is 1. The van der Waals surface area contributed by atoms with Crippen molar-refractivity contribution in [3.8, 4) is 11.8 Å². The number of piperazine rings is 1.